The van der Waals surface area contributed by atoms with Crippen LogP contribution < -0.4 is 22.1 Å². The molecule has 0 aromatic rings. The van der Waals surface area contributed by atoms with Crippen molar-refractivity contribution in [3.63, 3.8) is 0 Å². The van der Waals surface area contributed by atoms with Crippen LogP contribution in [-0.4, -0.2) is 35.0 Å². The third-order valence-corrected chi connectivity index (χ3v) is 0.839. The molecule has 0 N–H and O–H groups in total. The first kappa shape index (κ1) is 15.9. The van der Waals surface area contributed by atoms with Gasteiger partial charge in [-0.2, -0.15) is 0 Å². The van der Waals surface area contributed by atoms with E-state index in [0.717, 1.165) is 11.8 Å². The summed E-state index contributed by atoms with van der Waals surface area (Å²) in [7, 11) is 0. The smallest absolute Gasteiger partial charge is 1.00 e. The molecule has 7 heavy (non-hydrogen) atoms. The summed E-state index contributed by atoms with van der Waals surface area (Å²) in [5.41, 5.74) is 0. The average molecular weight is 242 g/mol. The number of alkyl halides is 1. The first-order valence-electron chi connectivity index (χ1n) is 1.56. The monoisotopic (exact) mass is 240 g/mol. The van der Waals surface area contributed by atoms with Gasteiger partial charge in [0.25, 0.3) is 0 Å². The molecule has 0 amide bonds. The minimum absolute atomic E-state index is 0. The van der Waals surface area contributed by atoms with Crippen LogP contribution in [0.4, 0.5) is 0 Å². The third kappa shape index (κ3) is 18.3. The van der Waals surface area contributed by atoms with Gasteiger partial charge in [0.05, 0.1) is 0 Å². The second-order valence-corrected chi connectivity index (χ2v) is 1.54. The topological polar surface area (TPSA) is 23.1 Å². The molecular formula is C3H6Br2MgO. The Labute approximate surface area is 78.9 Å². The van der Waals surface area contributed by atoms with Gasteiger partial charge in [-0.25, -0.2) is 0 Å². The summed E-state index contributed by atoms with van der Waals surface area (Å²) in [4.78, 5) is 0. The maximum Gasteiger partial charge on any atom is 2.00 e. The Morgan fingerprint density at radius 1 is 1.43 bits per heavy atom. The van der Waals surface area contributed by atoms with Crippen molar-refractivity contribution in [1.29, 1.82) is 0 Å². The van der Waals surface area contributed by atoms with Crippen LogP contribution in [0.1, 0.15) is 6.42 Å². The molecular weight excluding hydrogens is 236 g/mol. The van der Waals surface area contributed by atoms with Crippen molar-refractivity contribution in [3.8, 4) is 0 Å². The molecule has 0 radical (unpaired) electrons. The van der Waals surface area contributed by atoms with Crippen LogP contribution in [0.15, 0.2) is 0 Å². The second-order valence-electron chi connectivity index (χ2n) is 0.747. The SMILES string of the molecule is [Br-].[Mg+2].[O-]CCCBr. The van der Waals surface area contributed by atoms with Gasteiger partial charge in [0.2, 0.25) is 0 Å². The van der Waals surface area contributed by atoms with E-state index < -0.39 is 0 Å². The molecule has 1 nitrogen and oxygen atoms in total. The Morgan fingerprint density at radius 2 is 1.86 bits per heavy atom. The number of rotatable bonds is 2. The van der Waals surface area contributed by atoms with Crippen molar-refractivity contribution in [3.05, 3.63) is 0 Å². The molecule has 0 aromatic carbocycles. The largest absolute Gasteiger partial charge is 2.00 e. The van der Waals surface area contributed by atoms with Crippen molar-refractivity contribution in [2.45, 2.75) is 6.42 Å². The van der Waals surface area contributed by atoms with Crippen molar-refractivity contribution in [2.75, 3.05) is 11.9 Å². The second kappa shape index (κ2) is 15.6. The van der Waals surface area contributed by atoms with Crippen LogP contribution in [0.3, 0.4) is 0 Å². The van der Waals surface area contributed by atoms with E-state index in [4.69, 9.17) is 0 Å². The van der Waals surface area contributed by atoms with Gasteiger partial charge in [-0.15, -0.1) is 6.61 Å². The van der Waals surface area contributed by atoms with Crippen LogP contribution in [0.5, 0.6) is 0 Å². The summed E-state index contributed by atoms with van der Waals surface area (Å²) in [6, 6.07) is 0. The minimum atomic E-state index is 0. The van der Waals surface area contributed by atoms with Gasteiger partial charge in [-0.05, 0) is 0 Å². The number of hydrogen-bond acceptors (Lipinski definition) is 1. The maximum atomic E-state index is 9.50. The fraction of sp³-hybridized carbons (Fsp3) is 1.00. The Balaban J connectivity index is -0.0000000800. The van der Waals surface area contributed by atoms with E-state index in [-0.39, 0.29) is 46.6 Å². The van der Waals surface area contributed by atoms with Gasteiger partial charge in [0, 0.05) is 5.33 Å². The van der Waals surface area contributed by atoms with Gasteiger partial charge < -0.3 is 22.1 Å². The third-order valence-electron chi connectivity index (χ3n) is 0.278. The van der Waals surface area contributed by atoms with E-state index in [9.17, 15) is 5.11 Å². The minimum Gasteiger partial charge on any atom is -1.00 e. The zero-order valence-electron chi connectivity index (χ0n) is 3.99. The van der Waals surface area contributed by atoms with E-state index in [1.807, 2.05) is 0 Å². The van der Waals surface area contributed by atoms with Gasteiger partial charge in [-0.3, -0.25) is 0 Å². The van der Waals surface area contributed by atoms with Gasteiger partial charge >= 0.3 is 23.1 Å². The molecule has 0 spiro atoms. The van der Waals surface area contributed by atoms with Crippen LogP contribution in [0.2, 0.25) is 0 Å². The Kier molecular flexibility index (Phi) is 35.5. The molecule has 0 aliphatic carbocycles. The Bertz CT molecular complexity index is 20.4. The summed E-state index contributed by atoms with van der Waals surface area (Å²) < 4.78 is 0. The Hall–Kier alpha value is 1.69. The predicted octanol–water partition coefficient (Wildman–Crippen LogP) is -3.25. The summed E-state index contributed by atoms with van der Waals surface area (Å²) in [6.45, 7) is 0.0469. The van der Waals surface area contributed by atoms with Gasteiger partial charge in [0.15, 0.2) is 0 Å². The molecule has 0 saturated carbocycles. The standard InChI is InChI=1S/C3H6BrO.BrH.Mg/c4-2-1-3-5;;/h1-3H2;1H;/q-1;;+2/p-1. The first-order valence-corrected chi connectivity index (χ1v) is 2.68. The normalized spacial score (nSPS) is 6.00. The molecule has 4 heteroatoms. The fourth-order valence-corrected chi connectivity index (χ4v) is 0.283. The van der Waals surface area contributed by atoms with E-state index in [0.29, 0.717) is 0 Å². The molecule has 0 unspecified atom stereocenters. The van der Waals surface area contributed by atoms with Gasteiger partial charge in [0.1, 0.15) is 0 Å². The molecule has 0 rings (SSSR count). The molecule has 0 aliphatic rings. The number of hydrogen-bond donors (Lipinski definition) is 0. The molecule has 0 bridgehead atoms. The van der Waals surface area contributed by atoms with Crippen molar-refractivity contribution >= 4 is 39.0 Å². The van der Waals surface area contributed by atoms with Crippen LogP contribution in [-0.2, 0) is 0 Å². The van der Waals surface area contributed by atoms with Crippen molar-refractivity contribution in [2.24, 2.45) is 0 Å². The van der Waals surface area contributed by atoms with E-state index >= 15 is 0 Å². The average Bonchev–Trinajstić information content (AvgIpc) is 1.41. The summed E-state index contributed by atoms with van der Waals surface area (Å²) >= 11 is 3.11. The fourth-order valence-electron chi connectivity index (χ4n) is 0.0546. The molecule has 40 valence electrons. The Morgan fingerprint density at radius 3 is 1.86 bits per heavy atom. The summed E-state index contributed by atoms with van der Waals surface area (Å²) in [5, 5.41) is 10.3. The number of halogens is 2. The predicted molar refractivity (Wildman–Crippen MR) is 29.0 cm³/mol. The maximum absolute atomic E-state index is 9.50. The molecule has 0 fully saturated rings. The molecule has 0 saturated heterocycles. The van der Waals surface area contributed by atoms with E-state index in [1.54, 1.807) is 0 Å². The van der Waals surface area contributed by atoms with Gasteiger partial charge in [-0.1, -0.05) is 22.4 Å². The van der Waals surface area contributed by atoms with E-state index in [2.05, 4.69) is 15.9 Å². The zero-order valence-corrected chi connectivity index (χ0v) is 8.58. The van der Waals surface area contributed by atoms with Crippen LogP contribution in [0.25, 0.3) is 0 Å². The molecule has 0 atom stereocenters. The zero-order chi connectivity index (χ0) is 4.12. The van der Waals surface area contributed by atoms with Crippen molar-refractivity contribution < 1.29 is 22.1 Å². The summed E-state index contributed by atoms with van der Waals surface area (Å²) in [6.07, 6.45) is 0.750. The van der Waals surface area contributed by atoms with Crippen LogP contribution in [0, 0.1) is 0 Å². The van der Waals surface area contributed by atoms with Crippen LogP contribution >= 0.6 is 15.9 Å². The molecule has 0 heterocycles. The quantitative estimate of drug-likeness (QED) is 0.368. The molecule has 0 aliphatic heterocycles. The summed E-state index contributed by atoms with van der Waals surface area (Å²) in [5.74, 6) is 0. The molecule has 0 aromatic heterocycles. The van der Waals surface area contributed by atoms with Crippen molar-refractivity contribution in [1.82, 2.24) is 0 Å². The first-order chi connectivity index (χ1) is 2.41. The van der Waals surface area contributed by atoms with E-state index in [1.165, 1.54) is 0 Å².